The Kier molecular flexibility index (Phi) is 6.45. The molecule has 0 aromatic rings. The number of ether oxygens (including phenoxy) is 1. The molecular weight excluding hydrogens is 384 g/mol. The van der Waals surface area contributed by atoms with Crippen molar-refractivity contribution in [1.29, 1.82) is 0 Å². The Labute approximate surface area is 189 Å². The third kappa shape index (κ3) is 3.93. The fourth-order valence-electron chi connectivity index (χ4n) is 8.80. The molecule has 31 heavy (non-hydrogen) atoms. The number of rotatable bonds is 6. The molecule has 0 aromatic carbocycles. The average molecular weight is 429 g/mol. The number of hydrogen-bond donors (Lipinski definition) is 0. The van der Waals surface area contributed by atoms with E-state index in [1.807, 2.05) is 13.0 Å². The summed E-state index contributed by atoms with van der Waals surface area (Å²) in [5.74, 6) is 4.38. The van der Waals surface area contributed by atoms with Gasteiger partial charge in [0.15, 0.2) is 5.78 Å². The topological polar surface area (TPSA) is 43.4 Å². The van der Waals surface area contributed by atoms with Crippen molar-refractivity contribution in [3.8, 4) is 0 Å². The van der Waals surface area contributed by atoms with Gasteiger partial charge in [-0.25, -0.2) is 0 Å². The number of fused-ring (bicyclic) bond motifs is 5. The van der Waals surface area contributed by atoms with Crippen molar-refractivity contribution in [2.45, 2.75) is 98.3 Å². The first-order valence-corrected chi connectivity index (χ1v) is 13.0. The number of methoxy groups -OCH3 is 1. The first-order chi connectivity index (χ1) is 14.7. The molecule has 0 saturated heterocycles. The zero-order valence-corrected chi connectivity index (χ0v) is 20.5. The predicted octanol–water partition coefficient (Wildman–Crippen LogP) is 6.75. The molecule has 4 unspecified atom stereocenters. The van der Waals surface area contributed by atoms with E-state index in [4.69, 9.17) is 4.74 Å². The second-order valence-electron chi connectivity index (χ2n) is 12.0. The molecule has 0 radical (unpaired) electrons. The lowest BCUT2D eigenvalue weighted by Gasteiger charge is -2.58. The van der Waals surface area contributed by atoms with Gasteiger partial charge in [0.1, 0.15) is 0 Å². The summed E-state index contributed by atoms with van der Waals surface area (Å²) in [7, 11) is 1.49. The van der Waals surface area contributed by atoms with E-state index in [2.05, 4.69) is 20.8 Å². The SMILES string of the molecule is COC(=O)[C@@H](C)CCCC(C)[C@H]1CCC2C3CCC4=CC(=O)CC[C@]4(C)C3CC[C@@]21C. The van der Waals surface area contributed by atoms with Gasteiger partial charge in [-0.3, -0.25) is 9.59 Å². The zero-order chi connectivity index (χ0) is 22.4. The van der Waals surface area contributed by atoms with Gasteiger partial charge in [0.2, 0.25) is 0 Å². The van der Waals surface area contributed by atoms with E-state index in [-0.39, 0.29) is 17.3 Å². The van der Waals surface area contributed by atoms with Gasteiger partial charge >= 0.3 is 5.97 Å². The van der Waals surface area contributed by atoms with Crippen molar-refractivity contribution in [2.75, 3.05) is 7.11 Å². The highest BCUT2D eigenvalue weighted by molar-refractivity contribution is 5.91. The van der Waals surface area contributed by atoms with E-state index < -0.39 is 0 Å². The highest BCUT2D eigenvalue weighted by atomic mass is 16.5. The molecule has 3 nitrogen and oxygen atoms in total. The predicted molar refractivity (Wildman–Crippen MR) is 124 cm³/mol. The van der Waals surface area contributed by atoms with Crippen molar-refractivity contribution in [3.05, 3.63) is 11.6 Å². The molecule has 0 bridgehead atoms. The van der Waals surface area contributed by atoms with Crippen LogP contribution in [0.25, 0.3) is 0 Å². The Morgan fingerprint density at radius 2 is 1.84 bits per heavy atom. The second-order valence-corrected chi connectivity index (χ2v) is 12.0. The van der Waals surface area contributed by atoms with Crippen LogP contribution in [0.4, 0.5) is 0 Å². The summed E-state index contributed by atoms with van der Waals surface area (Å²) in [6, 6.07) is 0. The molecular formula is C28H44O3. The largest absolute Gasteiger partial charge is 0.469 e. The van der Waals surface area contributed by atoms with Gasteiger partial charge in [-0.05, 0) is 97.9 Å². The highest BCUT2D eigenvalue weighted by Gasteiger charge is 2.59. The van der Waals surface area contributed by atoms with Crippen LogP contribution >= 0.6 is 0 Å². The molecule has 0 N–H and O–H groups in total. The Bertz CT molecular complexity index is 739. The van der Waals surface area contributed by atoms with Crippen LogP contribution in [0.1, 0.15) is 98.3 Å². The summed E-state index contributed by atoms with van der Waals surface area (Å²) < 4.78 is 4.90. The molecule has 3 heteroatoms. The van der Waals surface area contributed by atoms with Gasteiger partial charge in [-0.2, -0.15) is 0 Å². The number of carbonyl (C=O) groups is 2. The zero-order valence-electron chi connectivity index (χ0n) is 20.5. The molecule has 3 saturated carbocycles. The maximum Gasteiger partial charge on any atom is 0.308 e. The first-order valence-electron chi connectivity index (χ1n) is 13.0. The molecule has 0 aliphatic heterocycles. The molecule has 0 aromatic heterocycles. The van der Waals surface area contributed by atoms with Gasteiger partial charge in [0, 0.05) is 6.42 Å². The number of carbonyl (C=O) groups excluding carboxylic acids is 2. The molecule has 4 aliphatic rings. The van der Waals surface area contributed by atoms with Crippen molar-refractivity contribution in [3.63, 3.8) is 0 Å². The number of hydrogen-bond acceptors (Lipinski definition) is 3. The van der Waals surface area contributed by atoms with E-state index in [0.29, 0.717) is 11.2 Å². The summed E-state index contributed by atoms with van der Waals surface area (Å²) in [5.41, 5.74) is 2.25. The fraction of sp³-hybridized carbons (Fsp3) is 0.857. The fourth-order valence-corrected chi connectivity index (χ4v) is 8.80. The summed E-state index contributed by atoms with van der Waals surface area (Å²) >= 11 is 0. The minimum Gasteiger partial charge on any atom is -0.469 e. The number of allylic oxidation sites excluding steroid dienone is 1. The van der Waals surface area contributed by atoms with Gasteiger partial charge < -0.3 is 4.74 Å². The van der Waals surface area contributed by atoms with Crippen LogP contribution in [-0.4, -0.2) is 18.9 Å². The van der Waals surface area contributed by atoms with Crippen molar-refractivity contribution < 1.29 is 14.3 Å². The third-order valence-electron chi connectivity index (χ3n) is 10.6. The minimum atomic E-state index is -0.0671. The van der Waals surface area contributed by atoms with Gasteiger partial charge in [0.05, 0.1) is 13.0 Å². The number of ketones is 1. The van der Waals surface area contributed by atoms with Gasteiger partial charge in [0.25, 0.3) is 0 Å². The van der Waals surface area contributed by atoms with Gasteiger partial charge in [-0.1, -0.05) is 46.1 Å². The Hall–Kier alpha value is -1.12. The normalized spacial score (nSPS) is 41.5. The summed E-state index contributed by atoms with van der Waals surface area (Å²) in [6.07, 6.45) is 15.1. The summed E-state index contributed by atoms with van der Waals surface area (Å²) in [6.45, 7) is 9.58. The first kappa shape index (κ1) is 23.1. The Morgan fingerprint density at radius 1 is 1.06 bits per heavy atom. The monoisotopic (exact) mass is 428 g/mol. The van der Waals surface area contributed by atoms with Crippen molar-refractivity contribution in [1.82, 2.24) is 0 Å². The molecule has 4 rings (SSSR count). The van der Waals surface area contributed by atoms with Crippen LogP contribution in [0, 0.1) is 46.3 Å². The van der Waals surface area contributed by atoms with Crippen LogP contribution in [0.2, 0.25) is 0 Å². The molecule has 3 fully saturated rings. The van der Waals surface area contributed by atoms with E-state index in [1.54, 1.807) is 0 Å². The summed E-state index contributed by atoms with van der Waals surface area (Å²) in [5, 5.41) is 0. The molecule has 4 aliphatic carbocycles. The molecule has 8 atom stereocenters. The Morgan fingerprint density at radius 3 is 2.58 bits per heavy atom. The summed E-state index contributed by atoms with van der Waals surface area (Å²) in [4.78, 5) is 23.8. The lowest BCUT2D eigenvalue weighted by atomic mass is 9.46. The maximum absolute atomic E-state index is 12.1. The number of esters is 1. The van der Waals surface area contributed by atoms with Crippen LogP contribution in [0.5, 0.6) is 0 Å². The maximum atomic E-state index is 12.1. The van der Waals surface area contributed by atoms with Crippen LogP contribution < -0.4 is 0 Å². The van der Waals surface area contributed by atoms with Crippen molar-refractivity contribution in [2.24, 2.45) is 46.3 Å². The van der Waals surface area contributed by atoms with E-state index in [9.17, 15) is 9.59 Å². The van der Waals surface area contributed by atoms with Crippen LogP contribution in [-0.2, 0) is 14.3 Å². The highest BCUT2D eigenvalue weighted by Crippen LogP contribution is 2.67. The van der Waals surface area contributed by atoms with E-state index >= 15 is 0 Å². The molecule has 0 heterocycles. The van der Waals surface area contributed by atoms with Crippen LogP contribution in [0.3, 0.4) is 0 Å². The van der Waals surface area contributed by atoms with Gasteiger partial charge in [-0.15, -0.1) is 0 Å². The third-order valence-corrected chi connectivity index (χ3v) is 10.6. The quantitative estimate of drug-likeness (QED) is 0.439. The van der Waals surface area contributed by atoms with E-state index in [1.165, 1.54) is 51.2 Å². The second kappa shape index (κ2) is 8.67. The smallest absolute Gasteiger partial charge is 0.308 e. The average Bonchev–Trinajstić information content (AvgIpc) is 3.10. The molecule has 174 valence electrons. The lowest BCUT2D eigenvalue weighted by molar-refractivity contribution is -0.145. The molecule has 0 spiro atoms. The van der Waals surface area contributed by atoms with E-state index in [0.717, 1.165) is 61.7 Å². The van der Waals surface area contributed by atoms with Crippen LogP contribution in [0.15, 0.2) is 11.6 Å². The minimum absolute atomic E-state index is 0.0205. The molecule has 0 amide bonds. The standard InChI is InChI=1S/C28H44O3/c1-18(7-6-8-19(2)26(30)31-5)23-11-12-24-22-10-9-20-17-21(29)13-15-27(20,3)25(22)14-16-28(23,24)4/h17-19,22-25H,6-16H2,1-5H3/t18?,19-,22?,23+,24?,25?,27-,28+/m0/s1. The Balaban J connectivity index is 1.42. The van der Waals surface area contributed by atoms with Crippen molar-refractivity contribution >= 4 is 11.8 Å². The lowest BCUT2D eigenvalue weighted by Crippen LogP contribution is -2.50.